The van der Waals surface area contributed by atoms with Crippen LogP contribution in [0.1, 0.15) is 5.56 Å². The summed E-state index contributed by atoms with van der Waals surface area (Å²) in [5, 5.41) is 14.7. The Morgan fingerprint density at radius 2 is 0.784 bits per heavy atom. The lowest BCUT2D eigenvalue weighted by atomic mass is 10.0. The molecule has 7 rings (SSSR count). The smallest absolute Gasteiger partial charge is 0.0160 e. The summed E-state index contributed by atoms with van der Waals surface area (Å²) < 4.78 is 0. The monoisotopic (exact) mass is 508 g/mol. The largest absolute Gasteiger partial charge is 0.175 e. The summed E-state index contributed by atoms with van der Waals surface area (Å²) >= 11 is 4.80. The van der Waals surface area contributed by atoms with E-state index in [0.29, 0.717) is 5.75 Å². The van der Waals surface area contributed by atoms with Crippen LogP contribution in [0.25, 0.3) is 43.1 Å². The molecule has 0 unspecified atom stereocenters. The Bertz CT molecular complexity index is 1710. The predicted octanol–water partition coefficient (Wildman–Crippen LogP) is 8.49. The van der Waals surface area contributed by atoms with Gasteiger partial charge in [-0.2, -0.15) is 12.6 Å². The van der Waals surface area contributed by atoms with Crippen molar-refractivity contribution < 1.29 is 0 Å². The van der Waals surface area contributed by atoms with Gasteiger partial charge in [-0.05, 0) is 74.0 Å². The van der Waals surface area contributed by atoms with Crippen LogP contribution in [0.5, 0.6) is 0 Å². The van der Waals surface area contributed by atoms with Crippen molar-refractivity contribution in [3.8, 4) is 0 Å². The van der Waals surface area contributed by atoms with Gasteiger partial charge in [0.05, 0.1) is 0 Å². The fourth-order valence-corrected chi connectivity index (χ4v) is 9.24. The summed E-state index contributed by atoms with van der Waals surface area (Å²) in [4.78, 5) is 0. The second kappa shape index (κ2) is 9.34. The summed E-state index contributed by atoms with van der Waals surface area (Å²) in [7, 11) is -0.921. The molecule has 0 aliphatic carbocycles. The van der Waals surface area contributed by atoms with E-state index in [-0.39, 0.29) is 0 Å². The van der Waals surface area contributed by atoms with Crippen molar-refractivity contribution in [3.63, 3.8) is 0 Å². The maximum Gasteiger partial charge on any atom is 0.0160 e. The molecule has 2 heteroatoms. The highest BCUT2D eigenvalue weighted by Gasteiger charge is 2.27. The maximum absolute atomic E-state index is 4.80. The van der Waals surface area contributed by atoms with E-state index in [1.807, 2.05) is 0 Å². The number of benzene rings is 7. The molecule has 0 spiro atoms. The molecular formula is C35H25PS. The standard InChI is InChI=1S/C35H25PS/c37-23-28-15-5-10-20-33(28)36(34-29-16-6-1-11-24(29)21-25-12-2-7-17-30(25)34)35-31-18-8-3-13-26(31)22-27-14-4-9-19-32(27)35/h1-22,37H,23H2. The Morgan fingerprint density at radius 1 is 0.432 bits per heavy atom. The second-order valence-electron chi connectivity index (χ2n) is 9.46. The number of hydrogen-bond acceptors (Lipinski definition) is 1. The Labute approximate surface area is 223 Å². The van der Waals surface area contributed by atoms with E-state index in [1.54, 1.807) is 0 Å². The number of hydrogen-bond donors (Lipinski definition) is 1. The molecule has 0 aromatic heterocycles. The SMILES string of the molecule is SCc1ccccc1P(c1c2ccccc2cc2ccccc12)c1c2ccccc2cc2ccccc12. The van der Waals surface area contributed by atoms with Crippen molar-refractivity contribution in [1.82, 2.24) is 0 Å². The van der Waals surface area contributed by atoms with Crippen molar-refractivity contribution >= 4 is 79.6 Å². The van der Waals surface area contributed by atoms with Crippen LogP contribution in [0.3, 0.4) is 0 Å². The molecule has 7 aromatic carbocycles. The minimum atomic E-state index is -0.921. The number of rotatable bonds is 4. The van der Waals surface area contributed by atoms with E-state index < -0.39 is 7.92 Å². The van der Waals surface area contributed by atoms with Crippen LogP contribution in [-0.2, 0) is 5.75 Å². The van der Waals surface area contributed by atoms with Crippen molar-refractivity contribution in [2.45, 2.75) is 5.75 Å². The zero-order valence-corrected chi connectivity index (χ0v) is 22.1. The lowest BCUT2D eigenvalue weighted by molar-refractivity contribution is 1.47. The molecule has 0 nitrogen and oxygen atoms in total. The molecule has 7 aromatic rings. The maximum atomic E-state index is 4.80. The Kier molecular flexibility index (Phi) is 5.69. The van der Waals surface area contributed by atoms with Crippen LogP contribution in [0, 0.1) is 0 Å². The molecule has 0 radical (unpaired) electrons. The average Bonchev–Trinajstić information content (AvgIpc) is 2.96. The number of fused-ring (bicyclic) bond motifs is 4. The Hall–Kier alpha value is -3.64. The zero-order chi connectivity index (χ0) is 24.8. The van der Waals surface area contributed by atoms with Crippen molar-refractivity contribution in [1.29, 1.82) is 0 Å². The molecule has 0 saturated heterocycles. The molecule has 0 heterocycles. The topological polar surface area (TPSA) is 0 Å². The molecule has 0 atom stereocenters. The lowest BCUT2D eigenvalue weighted by Gasteiger charge is -2.27. The summed E-state index contributed by atoms with van der Waals surface area (Å²) in [6.07, 6.45) is 0. The van der Waals surface area contributed by atoms with E-state index in [2.05, 4.69) is 133 Å². The normalized spacial score (nSPS) is 11.7. The third-order valence-corrected chi connectivity index (χ3v) is 10.5. The molecule has 37 heavy (non-hydrogen) atoms. The van der Waals surface area contributed by atoms with Gasteiger partial charge in [-0.25, -0.2) is 0 Å². The molecule has 0 amide bonds. The first-order chi connectivity index (χ1) is 18.3. The predicted molar refractivity (Wildman–Crippen MR) is 168 cm³/mol. The summed E-state index contributed by atoms with van der Waals surface area (Å²) in [5.74, 6) is 0.709. The molecule has 0 saturated carbocycles. The van der Waals surface area contributed by atoms with Gasteiger partial charge in [0, 0.05) is 16.4 Å². The van der Waals surface area contributed by atoms with Crippen molar-refractivity contribution in [2.24, 2.45) is 0 Å². The first-order valence-corrected chi connectivity index (χ1v) is 14.6. The summed E-state index contributed by atoms with van der Waals surface area (Å²) in [6, 6.07) is 49.2. The van der Waals surface area contributed by atoms with Crippen LogP contribution < -0.4 is 15.9 Å². The Balaban J connectivity index is 1.74. The molecule has 0 aliphatic rings. The van der Waals surface area contributed by atoms with Gasteiger partial charge in [0.2, 0.25) is 0 Å². The van der Waals surface area contributed by atoms with Crippen molar-refractivity contribution in [2.75, 3.05) is 0 Å². The van der Waals surface area contributed by atoms with Crippen LogP contribution >= 0.6 is 20.6 Å². The van der Waals surface area contributed by atoms with E-state index in [0.717, 1.165) is 0 Å². The highest BCUT2D eigenvalue weighted by molar-refractivity contribution is 7.82. The van der Waals surface area contributed by atoms with Gasteiger partial charge in [0.15, 0.2) is 0 Å². The van der Waals surface area contributed by atoms with E-state index in [4.69, 9.17) is 12.6 Å². The highest BCUT2D eigenvalue weighted by atomic mass is 32.1. The fraction of sp³-hybridized carbons (Fsp3) is 0.0286. The number of thiol groups is 1. The van der Waals surface area contributed by atoms with Gasteiger partial charge in [0.1, 0.15) is 0 Å². The van der Waals surface area contributed by atoms with Gasteiger partial charge >= 0.3 is 0 Å². The van der Waals surface area contributed by atoms with Gasteiger partial charge in [0.25, 0.3) is 0 Å². The third kappa shape index (κ3) is 3.74. The van der Waals surface area contributed by atoms with Gasteiger partial charge in [-0.15, -0.1) is 0 Å². The summed E-state index contributed by atoms with van der Waals surface area (Å²) in [6.45, 7) is 0. The summed E-state index contributed by atoms with van der Waals surface area (Å²) in [5.41, 5.74) is 1.30. The van der Waals surface area contributed by atoms with Gasteiger partial charge in [-0.1, -0.05) is 121 Å². The molecule has 0 fully saturated rings. The highest BCUT2D eigenvalue weighted by Crippen LogP contribution is 2.44. The van der Waals surface area contributed by atoms with Gasteiger partial charge in [-0.3, -0.25) is 0 Å². The van der Waals surface area contributed by atoms with Crippen molar-refractivity contribution in [3.05, 3.63) is 139 Å². The average molecular weight is 509 g/mol. The van der Waals surface area contributed by atoms with E-state index >= 15 is 0 Å². The first kappa shape index (κ1) is 22.5. The third-order valence-electron chi connectivity index (χ3n) is 7.34. The quantitative estimate of drug-likeness (QED) is 0.138. The molecule has 0 aliphatic heterocycles. The molecule has 0 N–H and O–H groups in total. The van der Waals surface area contributed by atoms with Crippen LogP contribution in [0.2, 0.25) is 0 Å². The van der Waals surface area contributed by atoms with Crippen LogP contribution in [0.4, 0.5) is 0 Å². The van der Waals surface area contributed by atoms with E-state index in [1.165, 1.54) is 64.6 Å². The van der Waals surface area contributed by atoms with Crippen LogP contribution in [0.15, 0.2) is 133 Å². The molecule has 176 valence electrons. The van der Waals surface area contributed by atoms with E-state index in [9.17, 15) is 0 Å². The first-order valence-electron chi connectivity index (χ1n) is 12.6. The minimum Gasteiger partial charge on any atom is -0.175 e. The van der Waals surface area contributed by atoms with Crippen LogP contribution in [-0.4, -0.2) is 0 Å². The molecular weight excluding hydrogens is 483 g/mol. The Morgan fingerprint density at radius 3 is 1.19 bits per heavy atom. The zero-order valence-electron chi connectivity index (χ0n) is 20.3. The molecule has 0 bridgehead atoms. The van der Waals surface area contributed by atoms with Gasteiger partial charge < -0.3 is 0 Å². The second-order valence-corrected chi connectivity index (χ2v) is 11.8. The minimum absolute atomic E-state index is 0.709. The fourth-order valence-electron chi connectivity index (χ4n) is 5.68. The lowest BCUT2D eigenvalue weighted by Crippen LogP contribution is -2.25.